The van der Waals surface area contributed by atoms with Crippen LogP contribution in [0.25, 0.3) is 0 Å². The minimum atomic E-state index is 0.0145. The summed E-state index contributed by atoms with van der Waals surface area (Å²) in [5, 5.41) is 6.95. The number of carbonyl (C=O) groups excluding carboxylic acids is 1. The second kappa shape index (κ2) is 9.36. The summed E-state index contributed by atoms with van der Waals surface area (Å²) in [4.78, 5) is 16.0. The third-order valence-electron chi connectivity index (χ3n) is 3.89. The third-order valence-corrected chi connectivity index (χ3v) is 3.89. The molecule has 26 heavy (non-hydrogen) atoms. The average molecular weight is 350 g/mol. The second-order valence-corrected chi connectivity index (χ2v) is 5.92. The van der Waals surface area contributed by atoms with Crippen molar-refractivity contribution >= 4 is 11.6 Å². The van der Waals surface area contributed by atoms with Crippen molar-refractivity contribution in [3.8, 4) is 5.75 Å². The molecule has 1 amide bonds. The lowest BCUT2D eigenvalue weighted by Gasteiger charge is -2.09. The number of benzene rings is 2. The Morgan fingerprint density at radius 3 is 2.81 bits per heavy atom. The van der Waals surface area contributed by atoms with E-state index in [0.29, 0.717) is 25.3 Å². The van der Waals surface area contributed by atoms with E-state index in [1.54, 1.807) is 11.0 Å². The number of rotatable bonds is 9. The number of amides is 1. The van der Waals surface area contributed by atoms with Gasteiger partial charge in [-0.25, -0.2) is 9.67 Å². The quantitative estimate of drug-likeness (QED) is 0.643. The van der Waals surface area contributed by atoms with Crippen molar-refractivity contribution in [3.05, 3.63) is 72.8 Å². The van der Waals surface area contributed by atoms with Crippen LogP contribution in [-0.4, -0.2) is 27.3 Å². The zero-order valence-electron chi connectivity index (χ0n) is 14.5. The highest BCUT2D eigenvalue weighted by Gasteiger charge is 2.04. The van der Waals surface area contributed by atoms with Crippen molar-refractivity contribution in [2.75, 3.05) is 11.9 Å². The number of hydrogen-bond donors (Lipinski definition) is 1. The van der Waals surface area contributed by atoms with E-state index in [-0.39, 0.29) is 5.91 Å². The van der Waals surface area contributed by atoms with Gasteiger partial charge < -0.3 is 10.1 Å². The zero-order valence-corrected chi connectivity index (χ0v) is 14.5. The van der Waals surface area contributed by atoms with E-state index in [9.17, 15) is 4.79 Å². The molecule has 0 bridgehead atoms. The van der Waals surface area contributed by atoms with E-state index >= 15 is 0 Å². The van der Waals surface area contributed by atoms with E-state index in [0.717, 1.165) is 18.5 Å². The van der Waals surface area contributed by atoms with Crippen LogP contribution in [0.3, 0.4) is 0 Å². The first-order valence-corrected chi connectivity index (χ1v) is 8.69. The molecule has 1 heterocycles. The van der Waals surface area contributed by atoms with Crippen LogP contribution in [0.1, 0.15) is 18.4 Å². The van der Waals surface area contributed by atoms with Gasteiger partial charge in [0.05, 0.1) is 6.54 Å². The average Bonchev–Trinajstić information content (AvgIpc) is 3.16. The fraction of sp³-hybridized carbons (Fsp3) is 0.250. The molecule has 0 unspecified atom stereocenters. The summed E-state index contributed by atoms with van der Waals surface area (Å²) in [7, 11) is 0. The molecular weight excluding hydrogens is 328 g/mol. The van der Waals surface area contributed by atoms with E-state index in [1.165, 1.54) is 11.9 Å². The van der Waals surface area contributed by atoms with Crippen molar-refractivity contribution in [3.63, 3.8) is 0 Å². The summed E-state index contributed by atoms with van der Waals surface area (Å²) in [6.07, 6.45) is 5.36. The number of aromatic nitrogens is 3. The number of nitrogens with one attached hydrogen (secondary N) is 1. The minimum Gasteiger partial charge on any atom is -0.492 e. The van der Waals surface area contributed by atoms with Gasteiger partial charge in [0.15, 0.2) is 0 Å². The smallest absolute Gasteiger partial charge is 0.224 e. The topological polar surface area (TPSA) is 69.0 Å². The molecule has 0 atom stereocenters. The number of ether oxygens (including phenoxy) is 1. The SMILES string of the molecule is O=C(CCCc1ccccc1)Nc1cccc(OCCn2cncn2)c1. The second-order valence-electron chi connectivity index (χ2n) is 5.92. The number of aryl methyl sites for hydroxylation is 1. The molecule has 0 spiro atoms. The fourth-order valence-corrected chi connectivity index (χ4v) is 2.59. The summed E-state index contributed by atoms with van der Waals surface area (Å²) in [6, 6.07) is 17.6. The Hall–Kier alpha value is -3.15. The molecule has 134 valence electrons. The molecule has 2 aromatic carbocycles. The predicted molar refractivity (Wildman–Crippen MR) is 100.0 cm³/mol. The summed E-state index contributed by atoms with van der Waals surface area (Å²) >= 11 is 0. The zero-order chi connectivity index (χ0) is 18.0. The van der Waals surface area contributed by atoms with Gasteiger partial charge in [-0.15, -0.1) is 0 Å². The van der Waals surface area contributed by atoms with Crippen LogP contribution in [0.5, 0.6) is 5.75 Å². The summed E-state index contributed by atoms with van der Waals surface area (Å²) in [5.41, 5.74) is 2.00. The van der Waals surface area contributed by atoms with E-state index in [4.69, 9.17) is 4.74 Å². The van der Waals surface area contributed by atoms with Gasteiger partial charge in [-0.2, -0.15) is 5.10 Å². The number of carbonyl (C=O) groups is 1. The first kappa shape index (κ1) is 17.7. The molecule has 6 heteroatoms. The third kappa shape index (κ3) is 5.73. The van der Waals surface area contributed by atoms with Gasteiger partial charge in [-0.05, 0) is 30.5 Å². The maximum atomic E-state index is 12.1. The normalized spacial score (nSPS) is 10.5. The van der Waals surface area contributed by atoms with Crippen molar-refractivity contribution < 1.29 is 9.53 Å². The highest BCUT2D eigenvalue weighted by molar-refractivity contribution is 5.90. The van der Waals surface area contributed by atoms with Crippen molar-refractivity contribution in [2.24, 2.45) is 0 Å². The molecule has 0 saturated heterocycles. The Kier molecular flexibility index (Phi) is 6.36. The predicted octanol–water partition coefficient (Wildman–Crippen LogP) is 3.32. The molecule has 0 radical (unpaired) electrons. The summed E-state index contributed by atoms with van der Waals surface area (Å²) < 4.78 is 7.41. The standard InChI is InChI=1S/C20H22N4O2/c25-20(11-4-8-17-6-2-1-3-7-17)23-18-9-5-10-19(14-18)26-13-12-24-16-21-15-22-24/h1-3,5-7,9-10,14-16H,4,8,11-13H2,(H,23,25). The van der Waals surface area contributed by atoms with Crippen LogP contribution >= 0.6 is 0 Å². The van der Waals surface area contributed by atoms with Crippen LogP contribution in [0.2, 0.25) is 0 Å². The van der Waals surface area contributed by atoms with Gasteiger partial charge in [0.1, 0.15) is 25.0 Å². The van der Waals surface area contributed by atoms with Crippen LogP contribution in [0.4, 0.5) is 5.69 Å². The fourth-order valence-electron chi connectivity index (χ4n) is 2.59. The summed E-state index contributed by atoms with van der Waals surface area (Å²) in [6.45, 7) is 1.11. The van der Waals surface area contributed by atoms with Crippen molar-refractivity contribution in [1.29, 1.82) is 0 Å². The maximum Gasteiger partial charge on any atom is 0.224 e. The molecule has 0 saturated carbocycles. The number of nitrogens with zero attached hydrogens (tertiary/aromatic N) is 3. The highest BCUT2D eigenvalue weighted by atomic mass is 16.5. The Bertz CT molecular complexity index is 804. The molecule has 3 rings (SSSR count). The molecule has 0 aliphatic rings. The summed E-state index contributed by atoms with van der Waals surface area (Å²) in [5.74, 6) is 0.730. The largest absolute Gasteiger partial charge is 0.492 e. The van der Waals surface area contributed by atoms with Gasteiger partial charge in [0.2, 0.25) is 5.91 Å². The Labute approximate surface area is 152 Å². The molecule has 1 aromatic heterocycles. The molecule has 3 aromatic rings. The van der Waals surface area contributed by atoms with Gasteiger partial charge in [0, 0.05) is 18.2 Å². The first-order valence-electron chi connectivity index (χ1n) is 8.69. The molecule has 0 aliphatic carbocycles. The van der Waals surface area contributed by atoms with E-state index in [2.05, 4.69) is 27.5 Å². The van der Waals surface area contributed by atoms with Crippen molar-refractivity contribution in [1.82, 2.24) is 14.8 Å². The van der Waals surface area contributed by atoms with Crippen molar-refractivity contribution in [2.45, 2.75) is 25.8 Å². The molecule has 1 N–H and O–H groups in total. The molecule has 6 nitrogen and oxygen atoms in total. The first-order chi connectivity index (χ1) is 12.8. The molecule has 0 fully saturated rings. The Morgan fingerprint density at radius 1 is 1.12 bits per heavy atom. The van der Waals surface area contributed by atoms with Gasteiger partial charge >= 0.3 is 0 Å². The molecule has 0 aliphatic heterocycles. The van der Waals surface area contributed by atoms with E-state index < -0.39 is 0 Å². The monoisotopic (exact) mass is 350 g/mol. The van der Waals surface area contributed by atoms with Crippen LogP contribution < -0.4 is 10.1 Å². The lowest BCUT2D eigenvalue weighted by Crippen LogP contribution is -2.12. The van der Waals surface area contributed by atoms with Gasteiger partial charge in [-0.3, -0.25) is 4.79 Å². The number of hydrogen-bond acceptors (Lipinski definition) is 4. The Balaban J connectivity index is 1.41. The minimum absolute atomic E-state index is 0.0145. The van der Waals surface area contributed by atoms with Crippen LogP contribution in [0, 0.1) is 0 Å². The number of anilines is 1. The lowest BCUT2D eigenvalue weighted by atomic mass is 10.1. The lowest BCUT2D eigenvalue weighted by molar-refractivity contribution is -0.116. The van der Waals surface area contributed by atoms with Gasteiger partial charge in [0.25, 0.3) is 0 Å². The highest BCUT2D eigenvalue weighted by Crippen LogP contribution is 2.18. The van der Waals surface area contributed by atoms with Gasteiger partial charge in [-0.1, -0.05) is 36.4 Å². The van der Waals surface area contributed by atoms with Crippen LogP contribution in [0.15, 0.2) is 67.3 Å². The molecular formula is C20H22N4O2. The Morgan fingerprint density at radius 2 is 2.00 bits per heavy atom. The van der Waals surface area contributed by atoms with Crippen LogP contribution in [-0.2, 0) is 17.8 Å². The maximum absolute atomic E-state index is 12.1. The van der Waals surface area contributed by atoms with E-state index in [1.807, 2.05) is 42.5 Å².